The van der Waals surface area contributed by atoms with Crippen molar-refractivity contribution in [2.24, 2.45) is 0 Å². The molecule has 11 heteroatoms. The Balaban J connectivity index is 2.26. The predicted octanol–water partition coefficient (Wildman–Crippen LogP) is 5.83. The van der Waals surface area contributed by atoms with Crippen LogP contribution in [0, 0.1) is 6.92 Å². The second kappa shape index (κ2) is 13.7. The van der Waals surface area contributed by atoms with E-state index in [9.17, 15) is 18.0 Å². The average molecular weight is 591 g/mol. The minimum atomic E-state index is -3.63. The standard InChI is InChI=1S/C26H34Cl3N3O4S/c1-6-18(3)30-26(34)19(4)31(16-21-22(28)9-7-10-23(21)29)25(33)11-8-14-32(37(5,35)36)24-15-20(27)13-12-17(24)2/h7,9-10,12-13,15,18-19H,6,8,11,14,16H2,1-5H3,(H,30,34). The first-order valence-electron chi connectivity index (χ1n) is 12.0. The molecule has 2 rings (SSSR count). The Labute approximate surface area is 235 Å². The molecule has 7 nitrogen and oxygen atoms in total. The number of carbonyl (C=O) groups excluding carboxylic acids is 2. The topological polar surface area (TPSA) is 86.8 Å². The van der Waals surface area contributed by atoms with Crippen LogP contribution in [-0.4, -0.2) is 50.0 Å². The number of benzene rings is 2. The van der Waals surface area contributed by atoms with E-state index in [2.05, 4.69) is 5.32 Å². The maximum Gasteiger partial charge on any atom is 0.242 e. The van der Waals surface area contributed by atoms with Gasteiger partial charge in [-0.3, -0.25) is 13.9 Å². The largest absolute Gasteiger partial charge is 0.352 e. The normalized spacial score (nSPS) is 13.1. The lowest BCUT2D eigenvalue weighted by Crippen LogP contribution is -2.49. The number of rotatable bonds is 12. The summed E-state index contributed by atoms with van der Waals surface area (Å²) in [5, 5.41) is 4.10. The molecule has 0 aromatic heterocycles. The molecular weight excluding hydrogens is 557 g/mol. The third-order valence-electron chi connectivity index (χ3n) is 6.15. The highest BCUT2D eigenvalue weighted by molar-refractivity contribution is 7.92. The highest BCUT2D eigenvalue weighted by Gasteiger charge is 2.28. The monoisotopic (exact) mass is 589 g/mol. The van der Waals surface area contributed by atoms with Gasteiger partial charge >= 0.3 is 0 Å². The zero-order valence-corrected chi connectivity index (χ0v) is 24.8. The number of amides is 2. The Hall–Kier alpha value is -2.00. The molecule has 1 N–H and O–H groups in total. The highest BCUT2D eigenvalue weighted by atomic mass is 35.5. The molecule has 0 fully saturated rings. The van der Waals surface area contributed by atoms with E-state index in [-0.39, 0.29) is 43.8 Å². The van der Waals surface area contributed by atoms with Gasteiger partial charge in [-0.1, -0.05) is 53.9 Å². The van der Waals surface area contributed by atoms with Crippen molar-refractivity contribution in [1.82, 2.24) is 10.2 Å². The molecule has 0 saturated carbocycles. The first-order valence-corrected chi connectivity index (χ1v) is 15.0. The molecule has 0 spiro atoms. The number of sulfonamides is 1. The maximum atomic E-state index is 13.4. The quantitative estimate of drug-likeness (QED) is 0.337. The van der Waals surface area contributed by atoms with Crippen LogP contribution in [-0.2, 0) is 26.2 Å². The van der Waals surface area contributed by atoms with Gasteiger partial charge in [0.05, 0.1) is 11.9 Å². The van der Waals surface area contributed by atoms with Crippen molar-refractivity contribution in [3.8, 4) is 0 Å². The van der Waals surface area contributed by atoms with Crippen molar-refractivity contribution in [2.45, 2.75) is 65.6 Å². The second-order valence-electron chi connectivity index (χ2n) is 9.09. The van der Waals surface area contributed by atoms with Crippen molar-refractivity contribution in [3.63, 3.8) is 0 Å². The number of anilines is 1. The van der Waals surface area contributed by atoms with E-state index in [0.29, 0.717) is 26.3 Å². The Morgan fingerprint density at radius 2 is 1.68 bits per heavy atom. The summed E-state index contributed by atoms with van der Waals surface area (Å²) in [4.78, 5) is 27.8. The zero-order valence-electron chi connectivity index (χ0n) is 21.7. The number of halogens is 3. The number of hydrogen-bond acceptors (Lipinski definition) is 4. The van der Waals surface area contributed by atoms with E-state index < -0.39 is 16.1 Å². The third kappa shape index (κ3) is 8.77. The van der Waals surface area contributed by atoms with Gasteiger partial charge in [-0.15, -0.1) is 0 Å². The summed E-state index contributed by atoms with van der Waals surface area (Å²) in [7, 11) is -3.63. The summed E-state index contributed by atoms with van der Waals surface area (Å²) in [5.41, 5.74) is 1.74. The van der Waals surface area contributed by atoms with Crippen LogP contribution in [0.3, 0.4) is 0 Å². The van der Waals surface area contributed by atoms with Crippen molar-refractivity contribution >= 4 is 62.3 Å². The fraction of sp³-hybridized carbons (Fsp3) is 0.462. The van der Waals surface area contributed by atoms with E-state index >= 15 is 0 Å². The number of carbonyl (C=O) groups is 2. The van der Waals surface area contributed by atoms with Gasteiger partial charge < -0.3 is 10.2 Å². The van der Waals surface area contributed by atoms with Gasteiger partial charge in [0.1, 0.15) is 6.04 Å². The molecular formula is C26H34Cl3N3O4S. The lowest BCUT2D eigenvalue weighted by Gasteiger charge is -2.31. The molecule has 2 unspecified atom stereocenters. The molecule has 2 aromatic carbocycles. The lowest BCUT2D eigenvalue weighted by atomic mass is 10.1. The first kappa shape index (κ1) is 31.2. The maximum absolute atomic E-state index is 13.4. The van der Waals surface area contributed by atoms with Gasteiger partial charge in [-0.25, -0.2) is 8.42 Å². The molecule has 0 radical (unpaired) electrons. The van der Waals surface area contributed by atoms with Crippen LogP contribution in [0.5, 0.6) is 0 Å². The van der Waals surface area contributed by atoms with Crippen LogP contribution in [0.2, 0.25) is 15.1 Å². The summed E-state index contributed by atoms with van der Waals surface area (Å²) >= 11 is 18.8. The van der Waals surface area contributed by atoms with Gasteiger partial charge in [-0.2, -0.15) is 0 Å². The number of aryl methyl sites for hydroxylation is 1. The van der Waals surface area contributed by atoms with Gasteiger partial charge in [0.25, 0.3) is 0 Å². The van der Waals surface area contributed by atoms with Crippen molar-refractivity contribution in [1.29, 1.82) is 0 Å². The second-order valence-corrected chi connectivity index (χ2v) is 12.2. The lowest BCUT2D eigenvalue weighted by molar-refractivity contribution is -0.140. The van der Waals surface area contributed by atoms with E-state index in [1.807, 2.05) is 13.8 Å². The fourth-order valence-electron chi connectivity index (χ4n) is 3.74. The van der Waals surface area contributed by atoms with E-state index in [0.717, 1.165) is 18.2 Å². The third-order valence-corrected chi connectivity index (χ3v) is 8.27. The van der Waals surface area contributed by atoms with Crippen LogP contribution in [0.1, 0.15) is 51.2 Å². The molecule has 0 bridgehead atoms. The fourth-order valence-corrected chi connectivity index (χ4v) is 5.43. The highest BCUT2D eigenvalue weighted by Crippen LogP contribution is 2.28. The number of nitrogens with one attached hydrogen (secondary N) is 1. The Morgan fingerprint density at radius 3 is 2.24 bits per heavy atom. The van der Waals surface area contributed by atoms with Crippen LogP contribution in [0.4, 0.5) is 5.69 Å². The molecule has 204 valence electrons. The summed E-state index contributed by atoms with van der Waals surface area (Å²) in [6.45, 7) is 7.40. The summed E-state index contributed by atoms with van der Waals surface area (Å²) < 4.78 is 26.4. The molecule has 37 heavy (non-hydrogen) atoms. The summed E-state index contributed by atoms with van der Waals surface area (Å²) in [6.07, 6.45) is 2.09. The molecule has 0 saturated heterocycles. The van der Waals surface area contributed by atoms with Crippen LogP contribution in [0.25, 0.3) is 0 Å². The van der Waals surface area contributed by atoms with E-state index in [1.165, 1.54) is 9.21 Å². The van der Waals surface area contributed by atoms with Crippen LogP contribution in [0.15, 0.2) is 36.4 Å². The van der Waals surface area contributed by atoms with Crippen molar-refractivity contribution in [3.05, 3.63) is 62.6 Å². The average Bonchev–Trinajstić information content (AvgIpc) is 2.82. The number of nitrogens with zero attached hydrogens (tertiary/aromatic N) is 2. The minimum absolute atomic E-state index is 0.00859. The summed E-state index contributed by atoms with van der Waals surface area (Å²) in [6, 6.07) is 9.22. The van der Waals surface area contributed by atoms with Crippen molar-refractivity contribution in [2.75, 3.05) is 17.1 Å². The van der Waals surface area contributed by atoms with Gasteiger partial charge in [-0.05, 0) is 63.4 Å². The van der Waals surface area contributed by atoms with E-state index in [4.69, 9.17) is 34.8 Å². The molecule has 2 atom stereocenters. The van der Waals surface area contributed by atoms with Crippen LogP contribution >= 0.6 is 34.8 Å². The van der Waals surface area contributed by atoms with E-state index in [1.54, 1.807) is 50.2 Å². The minimum Gasteiger partial charge on any atom is -0.352 e. The molecule has 0 heterocycles. The summed E-state index contributed by atoms with van der Waals surface area (Å²) in [5.74, 6) is -0.614. The molecule has 0 aliphatic rings. The number of hydrogen-bond donors (Lipinski definition) is 1. The van der Waals surface area contributed by atoms with Gasteiger partial charge in [0, 0.05) is 46.2 Å². The molecule has 2 amide bonds. The predicted molar refractivity (Wildman–Crippen MR) is 152 cm³/mol. The smallest absolute Gasteiger partial charge is 0.242 e. The van der Waals surface area contributed by atoms with Gasteiger partial charge in [0.15, 0.2) is 0 Å². The molecule has 2 aromatic rings. The first-order chi connectivity index (χ1) is 17.3. The van der Waals surface area contributed by atoms with Crippen LogP contribution < -0.4 is 9.62 Å². The molecule has 0 aliphatic heterocycles. The van der Waals surface area contributed by atoms with Crippen molar-refractivity contribution < 1.29 is 18.0 Å². The SMILES string of the molecule is CCC(C)NC(=O)C(C)N(Cc1c(Cl)cccc1Cl)C(=O)CCCN(c1cc(Cl)ccc1C)S(C)(=O)=O. The zero-order chi connectivity index (χ0) is 27.9. The molecule has 0 aliphatic carbocycles. The Bertz CT molecular complexity index is 1200. The Kier molecular flexibility index (Phi) is 11.6. The Morgan fingerprint density at radius 1 is 1.05 bits per heavy atom. The van der Waals surface area contributed by atoms with Gasteiger partial charge in [0.2, 0.25) is 21.8 Å².